The van der Waals surface area contributed by atoms with Crippen LogP contribution in [-0.2, 0) is 27.9 Å². The number of rotatable bonds is 1. The molecular formula is H3MoNaO4P. The second-order valence-corrected chi connectivity index (χ2v) is 2.79. The van der Waals surface area contributed by atoms with Gasteiger partial charge in [0.25, 0.3) is 0 Å². The molecule has 0 amide bonds. The van der Waals surface area contributed by atoms with E-state index < -0.39 is 7.82 Å². The van der Waals surface area contributed by atoms with Gasteiger partial charge in [-0.15, -0.1) is 0 Å². The van der Waals surface area contributed by atoms with Gasteiger partial charge in [-0.2, -0.15) is 0 Å². The third-order valence-electron chi connectivity index (χ3n) is 0.0971. The van der Waals surface area contributed by atoms with Crippen LogP contribution in [0.5, 0.6) is 0 Å². The SMILES string of the molecule is O=P(O)(O)[O][Mo].[NaH]. The van der Waals surface area contributed by atoms with Crippen molar-refractivity contribution in [2.24, 2.45) is 0 Å². The number of phosphoric acid groups is 1. The predicted octanol–water partition coefficient (Wildman–Crippen LogP) is -1.09. The van der Waals surface area contributed by atoms with Gasteiger partial charge in [0.2, 0.25) is 0 Å². The summed E-state index contributed by atoms with van der Waals surface area (Å²) in [5.41, 5.74) is 0. The van der Waals surface area contributed by atoms with E-state index in [0.717, 1.165) is 20.2 Å². The Balaban J connectivity index is 0. The summed E-state index contributed by atoms with van der Waals surface area (Å²) in [5, 5.41) is 0. The third kappa shape index (κ3) is 11.4. The molecule has 0 aromatic rings. The van der Waals surface area contributed by atoms with Gasteiger partial charge in [-0.3, -0.25) is 0 Å². The van der Waals surface area contributed by atoms with Gasteiger partial charge < -0.3 is 0 Å². The molecule has 0 saturated heterocycles. The molecular weight excluding hydrogens is 214 g/mol. The van der Waals surface area contributed by atoms with Crippen LogP contribution in [0.15, 0.2) is 0 Å². The van der Waals surface area contributed by atoms with Crippen LogP contribution in [0.3, 0.4) is 0 Å². The Labute approximate surface area is 74.5 Å². The summed E-state index contributed by atoms with van der Waals surface area (Å²) in [6, 6.07) is 0. The molecule has 0 spiro atoms. The fraction of sp³-hybridized carbons (Fsp3) is 0. The zero-order chi connectivity index (χ0) is 5.21. The number of hydrogen-bond donors (Lipinski definition) is 2. The van der Waals surface area contributed by atoms with Crippen molar-refractivity contribution < 1.29 is 37.7 Å². The Morgan fingerprint density at radius 3 is 1.71 bits per heavy atom. The Bertz CT molecular complexity index is 75.8. The van der Waals surface area contributed by atoms with Crippen molar-refractivity contribution in [2.75, 3.05) is 0 Å². The van der Waals surface area contributed by atoms with E-state index in [1.54, 1.807) is 0 Å². The van der Waals surface area contributed by atoms with E-state index in [0.29, 0.717) is 0 Å². The summed E-state index contributed by atoms with van der Waals surface area (Å²) in [4.78, 5) is 15.4. The van der Waals surface area contributed by atoms with Crippen molar-refractivity contribution >= 4 is 37.4 Å². The van der Waals surface area contributed by atoms with Crippen LogP contribution in [-0.4, -0.2) is 39.3 Å². The average molecular weight is 217 g/mol. The molecule has 0 aromatic carbocycles. The molecule has 0 unspecified atom stereocenters. The molecule has 0 aromatic heterocycles. The molecule has 0 heterocycles. The van der Waals surface area contributed by atoms with E-state index in [4.69, 9.17) is 9.79 Å². The molecule has 0 fully saturated rings. The van der Waals surface area contributed by atoms with E-state index in [1.165, 1.54) is 0 Å². The van der Waals surface area contributed by atoms with Crippen LogP contribution in [0.25, 0.3) is 0 Å². The summed E-state index contributed by atoms with van der Waals surface area (Å²) in [7, 11) is -4.14. The van der Waals surface area contributed by atoms with E-state index in [2.05, 4.69) is 3.18 Å². The first kappa shape index (κ1) is 11.6. The summed E-state index contributed by atoms with van der Waals surface area (Å²) < 4.78 is 13.1. The summed E-state index contributed by atoms with van der Waals surface area (Å²) >= 11 is 0.883. The monoisotopic (exact) mass is 219 g/mol. The molecule has 2 N–H and O–H groups in total. The first-order valence-electron chi connectivity index (χ1n) is 0.932. The Hall–Kier alpha value is 1.80. The van der Waals surface area contributed by atoms with Crippen molar-refractivity contribution in [3.63, 3.8) is 0 Å². The van der Waals surface area contributed by atoms with Crippen molar-refractivity contribution in [3.8, 4) is 0 Å². The van der Waals surface area contributed by atoms with Crippen LogP contribution in [0, 0.1) is 0 Å². The fourth-order valence-corrected chi connectivity index (χ4v) is 0. The Kier molecular flexibility index (Phi) is 7.70. The normalized spacial score (nSPS) is 10.0. The van der Waals surface area contributed by atoms with Crippen LogP contribution in [0.1, 0.15) is 0 Å². The summed E-state index contributed by atoms with van der Waals surface area (Å²) in [6.07, 6.45) is 0. The van der Waals surface area contributed by atoms with Gasteiger partial charge >= 0.3 is 75.1 Å². The molecule has 0 atom stereocenters. The Morgan fingerprint density at radius 1 is 1.57 bits per heavy atom. The molecule has 0 rings (SSSR count). The van der Waals surface area contributed by atoms with E-state index in [1.807, 2.05) is 0 Å². The molecule has 7 heteroatoms. The van der Waals surface area contributed by atoms with E-state index >= 15 is 0 Å². The van der Waals surface area contributed by atoms with Crippen LogP contribution in [0.2, 0.25) is 0 Å². The van der Waals surface area contributed by atoms with E-state index in [-0.39, 0.29) is 29.6 Å². The van der Waals surface area contributed by atoms with Gasteiger partial charge in [0.05, 0.1) is 0 Å². The van der Waals surface area contributed by atoms with E-state index in [9.17, 15) is 4.57 Å². The minimum atomic E-state index is -4.14. The van der Waals surface area contributed by atoms with Gasteiger partial charge in [0, 0.05) is 0 Å². The molecule has 0 aliphatic carbocycles. The van der Waals surface area contributed by atoms with Crippen molar-refractivity contribution in [2.45, 2.75) is 0 Å². The zero-order valence-corrected chi connectivity index (χ0v) is 5.47. The molecule has 0 radical (unpaired) electrons. The molecule has 0 saturated carbocycles. The van der Waals surface area contributed by atoms with Crippen LogP contribution < -0.4 is 0 Å². The zero-order valence-electron chi connectivity index (χ0n) is 2.57. The first-order valence-corrected chi connectivity index (χ1v) is 3.28. The molecule has 7 heavy (non-hydrogen) atoms. The minimum absolute atomic E-state index is 0. The van der Waals surface area contributed by atoms with Crippen LogP contribution >= 0.6 is 7.82 Å². The maximum atomic E-state index is 9.47. The average Bonchev–Trinajstić information content (AvgIpc) is 1.35. The second kappa shape index (κ2) is 4.66. The van der Waals surface area contributed by atoms with Gasteiger partial charge in [-0.05, 0) is 0 Å². The molecule has 4 nitrogen and oxygen atoms in total. The molecule has 39 valence electrons. The fourth-order valence-electron chi connectivity index (χ4n) is 0. The van der Waals surface area contributed by atoms with Gasteiger partial charge in [-0.25, -0.2) is 0 Å². The molecule has 0 bridgehead atoms. The Morgan fingerprint density at radius 2 is 1.71 bits per heavy atom. The molecule has 0 aliphatic rings. The van der Waals surface area contributed by atoms with Crippen molar-refractivity contribution in [3.05, 3.63) is 0 Å². The standard InChI is InChI=1S/Mo.Na.H3O4P.H/c;;1-5(2,3)4;/h;;(H3,1,2,3,4);/q+1;;;/p-1. The number of hydrogen-bond acceptors (Lipinski definition) is 2. The third-order valence-corrected chi connectivity index (χ3v) is 1.72. The van der Waals surface area contributed by atoms with Crippen molar-refractivity contribution in [1.82, 2.24) is 0 Å². The maximum absolute atomic E-state index is 9.47. The summed E-state index contributed by atoms with van der Waals surface area (Å²) in [5.74, 6) is 0. The quantitative estimate of drug-likeness (QED) is 0.432. The van der Waals surface area contributed by atoms with Gasteiger partial charge in [0.15, 0.2) is 0 Å². The van der Waals surface area contributed by atoms with Gasteiger partial charge in [-0.1, -0.05) is 0 Å². The first-order chi connectivity index (χ1) is 2.56. The topological polar surface area (TPSA) is 66.8 Å². The van der Waals surface area contributed by atoms with Gasteiger partial charge in [0.1, 0.15) is 0 Å². The molecule has 0 aliphatic heterocycles. The van der Waals surface area contributed by atoms with Crippen molar-refractivity contribution in [1.29, 1.82) is 0 Å². The summed E-state index contributed by atoms with van der Waals surface area (Å²) in [6.45, 7) is 0. The second-order valence-electron chi connectivity index (χ2n) is 0.565. The predicted molar refractivity (Wildman–Crippen MR) is 20.3 cm³/mol. The van der Waals surface area contributed by atoms with Crippen LogP contribution in [0.4, 0.5) is 0 Å².